The highest BCUT2D eigenvalue weighted by atomic mass is 35.5. The van der Waals surface area contributed by atoms with Crippen molar-refractivity contribution < 1.29 is 4.79 Å². The number of para-hydroxylation sites is 1. The molecule has 2 nitrogen and oxygen atoms in total. The summed E-state index contributed by atoms with van der Waals surface area (Å²) in [4.78, 5) is 12.2. The summed E-state index contributed by atoms with van der Waals surface area (Å²) in [5, 5.41) is 4.11. The van der Waals surface area contributed by atoms with E-state index in [-0.39, 0.29) is 5.91 Å². The van der Waals surface area contributed by atoms with Gasteiger partial charge in [-0.05, 0) is 41.7 Å². The fraction of sp³-hybridized carbons (Fsp3) is 0.316. The monoisotopic (exact) mass is 381 g/mol. The predicted molar refractivity (Wildman–Crippen MR) is 106 cm³/mol. The predicted octanol–water partition coefficient (Wildman–Crippen LogP) is 6.38. The SMILES string of the molecule is CCC(C)c1ccccc1NC(=O)CSCc1ccc(Cl)c(Cl)c1. The van der Waals surface area contributed by atoms with E-state index in [0.717, 1.165) is 23.4 Å². The molecule has 0 heterocycles. The maximum atomic E-state index is 12.2. The summed E-state index contributed by atoms with van der Waals surface area (Å²) in [6.45, 7) is 4.32. The third-order valence-corrected chi connectivity index (χ3v) is 5.61. The van der Waals surface area contributed by atoms with Gasteiger partial charge in [0.2, 0.25) is 5.91 Å². The molecule has 0 bridgehead atoms. The van der Waals surface area contributed by atoms with Crippen LogP contribution in [-0.4, -0.2) is 11.7 Å². The normalized spacial score (nSPS) is 12.0. The van der Waals surface area contributed by atoms with E-state index in [9.17, 15) is 4.79 Å². The average Bonchev–Trinajstić information content (AvgIpc) is 2.58. The van der Waals surface area contributed by atoms with E-state index >= 15 is 0 Å². The highest BCUT2D eigenvalue weighted by Crippen LogP contribution is 2.27. The number of halogens is 2. The molecular weight excluding hydrogens is 361 g/mol. The van der Waals surface area contributed by atoms with Crippen LogP contribution in [-0.2, 0) is 10.5 Å². The minimum absolute atomic E-state index is 0.0100. The molecular formula is C19H21Cl2NOS. The second kappa shape index (κ2) is 9.36. The number of rotatable bonds is 7. The van der Waals surface area contributed by atoms with Crippen molar-refractivity contribution in [3.8, 4) is 0 Å². The molecule has 5 heteroatoms. The van der Waals surface area contributed by atoms with Gasteiger partial charge in [-0.15, -0.1) is 11.8 Å². The average molecular weight is 382 g/mol. The summed E-state index contributed by atoms with van der Waals surface area (Å²) in [5.41, 5.74) is 3.15. The van der Waals surface area contributed by atoms with Gasteiger partial charge in [0.15, 0.2) is 0 Å². The third-order valence-electron chi connectivity index (χ3n) is 3.86. The van der Waals surface area contributed by atoms with Gasteiger partial charge in [-0.1, -0.05) is 61.3 Å². The lowest BCUT2D eigenvalue weighted by molar-refractivity contribution is -0.113. The van der Waals surface area contributed by atoms with Crippen LogP contribution < -0.4 is 5.32 Å². The first-order chi connectivity index (χ1) is 11.5. The first-order valence-corrected chi connectivity index (χ1v) is 9.82. The second-order valence-electron chi connectivity index (χ2n) is 5.69. The van der Waals surface area contributed by atoms with Crippen LogP contribution in [0.4, 0.5) is 5.69 Å². The molecule has 2 aromatic carbocycles. The highest BCUT2D eigenvalue weighted by Gasteiger charge is 2.11. The van der Waals surface area contributed by atoms with Crippen molar-refractivity contribution in [3.05, 3.63) is 63.6 Å². The smallest absolute Gasteiger partial charge is 0.234 e. The molecule has 1 atom stereocenters. The number of benzene rings is 2. The molecule has 0 saturated heterocycles. The van der Waals surface area contributed by atoms with E-state index < -0.39 is 0 Å². The third kappa shape index (κ3) is 5.44. The molecule has 128 valence electrons. The van der Waals surface area contributed by atoms with Crippen molar-refractivity contribution in [3.63, 3.8) is 0 Å². The van der Waals surface area contributed by atoms with Gasteiger partial charge in [-0.2, -0.15) is 0 Å². The number of nitrogens with one attached hydrogen (secondary N) is 1. The number of hydrogen-bond donors (Lipinski definition) is 1. The van der Waals surface area contributed by atoms with Crippen molar-refractivity contribution in [1.29, 1.82) is 0 Å². The molecule has 0 aliphatic rings. The highest BCUT2D eigenvalue weighted by molar-refractivity contribution is 7.99. The molecule has 0 aromatic heterocycles. The lowest BCUT2D eigenvalue weighted by Gasteiger charge is -2.15. The Morgan fingerprint density at radius 1 is 1.17 bits per heavy atom. The number of carbonyl (C=O) groups excluding carboxylic acids is 1. The molecule has 0 aliphatic heterocycles. The fourth-order valence-electron chi connectivity index (χ4n) is 2.34. The summed E-state index contributed by atoms with van der Waals surface area (Å²) in [7, 11) is 0. The first-order valence-electron chi connectivity index (χ1n) is 7.91. The summed E-state index contributed by atoms with van der Waals surface area (Å²) in [6, 6.07) is 13.5. The van der Waals surface area contributed by atoms with E-state index in [1.165, 1.54) is 5.56 Å². The number of anilines is 1. The molecule has 0 saturated carbocycles. The van der Waals surface area contributed by atoms with Crippen LogP contribution >= 0.6 is 35.0 Å². The first kappa shape index (κ1) is 19.2. The zero-order valence-corrected chi connectivity index (χ0v) is 16.1. The van der Waals surface area contributed by atoms with Gasteiger partial charge in [0.25, 0.3) is 0 Å². The van der Waals surface area contributed by atoms with E-state index in [4.69, 9.17) is 23.2 Å². The maximum Gasteiger partial charge on any atom is 0.234 e. The molecule has 0 fully saturated rings. The molecule has 24 heavy (non-hydrogen) atoms. The van der Waals surface area contributed by atoms with Crippen LogP contribution in [0.1, 0.15) is 37.3 Å². The van der Waals surface area contributed by atoms with Gasteiger partial charge < -0.3 is 5.32 Å². The van der Waals surface area contributed by atoms with Crippen molar-refractivity contribution in [1.82, 2.24) is 0 Å². The van der Waals surface area contributed by atoms with Gasteiger partial charge in [0.05, 0.1) is 15.8 Å². The number of thioether (sulfide) groups is 1. The minimum atomic E-state index is 0.0100. The quantitative estimate of drug-likeness (QED) is 0.602. The van der Waals surface area contributed by atoms with Crippen LogP contribution in [0.25, 0.3) is 0 Å². The van der Waals surface area contributed by atoms with Crippen LogP contribution in [0.15, 0.2) is 42.5 Å². The van der Waals surface area contributed by atoms with E-state index in [0.29, 0.717) is 21.7 Å². The Morgan fingerprint density at radius 2 is 1.92 bits per heavy atom. The maximum absolute atomic E-state index is 12.2. The van der Waals surface area contributed by atoms with E-state index in [1.807, 2.05) is 30.3 Å². The number of carbonyl (C=O) groups is 1. The number of amides is 1. The van der Waals surface area contributed by atoms with E-state index in [1.54, 1.807) is 17.8 Å². The molecule has 0 radical (unpaired) electrons. The van der Waals surface area contributed by atoms with Gasteiger partial charge in [0.1, 0.15) is 0 Å². The zero-order chi connectivity index (χ0) is 17.5. The molecule has 1 amide bonds. The molecule has 2 aromatic rings. The zero-order valence-electron chi connectivity index (χ0n) is 13.8. The molecule has 1 unspecified atom stereocenters. The van der Waals surface area contributed by atoms with Gasteiger partial charge in [0, 0.05) is 11.4 Å². The van der Waals surface area contributed by atoms with Crippen LogP contribution in [0.2, 0.25) is 10.0 Å². The summed E-state index contributed by atoms with van der Waals surface area (Å²) in [6.07, 6.45) is 1.04. The van der Waals surface area contributed by atoms with Gasteiger partial charge >= 0.3 is 0 Å². The van der Waals surface area contributed by atoms with Crippen LogP contribution in [0.5, 0.6) is 0 Å². The van der Waals surface area contributed by atoms with Crippen molar-refractivity contribution in [2.24, 2.45) is 0 Å². The molecule has 0 aliphatic carbocycles. The molecule has 2 rings (SSSR count). The van der Waals surface area contributed by atoms with Crippen molar-refractivity contribution in [2.75, 3.05) is 11.1 Å². The Morgan fingerprint density at radius 3 is 2.62 bits per heavy atom. The molecule has 1 N–H and O–H groups in total. The minimum Gasteiger partial charge on any atom is -0.325 e. The summed E-state index contributed by atoms with van der Waals surface area (Å²) in [5.74, 6) is 1.55. The van der Waals surface area contributed by atoms with Crippen molar-refractivity contribution in [2.45, 2.75) is 31.9 Å². The summed E-state index contributed by atoms with van der Waals surface area (Å²) < 4.78 is 0. The lowest BCUT2D eigenvalue weighted by Crippen LogP contribution is -2.16. The Hall–Kier alpha value is -1.16. The largest absolute Gasteiger partial charge is 0.325 e. The van der Waals surface area contributed by atoms with Crippen LogP contribution in [0, 0.1) is 0 Å². The fourth-order valence-corrected chi connectivity index (χ4v) is 3.43. The van der Waals surface area contributed by atoms with Crippen LogP contribution in [0.3, 0.4) is 0 Å². The number of hydrogen-bond acceptors (Lipinski definition) is 2. The Bertz CT molecular complexity index is 706. The standard InChI is InChI=1S/C19H21Cl2NOS/c1-3-13(2)15-6-4-5-7-18(15)22-19(23)12-24-11-14-8-9-16(20)17(21)10-14/h4-10,13H,3,11-12H2,1-2H3,(H,22,23). The van der Waals surface area contributed by atoms with Gasteiger partial charge in [-0.25, -0.2) is 0 Å². The Balaban J connectivity index is 1.89. The van der Waals surface area contributed by atoms with Gasteiger partial charge in [-0.3, -0.25) is 4.79 Å². The van der Waals surface area contributed by atoms with Crippen molar-refractivity contribution >= 4 is 46.6 Å². The Kier molecular flexibility index (Phi) is 7.47. The summed E-state index contributed by atoms with van der Waals surface area (Å²) >= 11 is 13.5. The Labute approximate surface area is 157 Å². The molecule has 0 spiro atoms. The topological polar surface area (TPSA) is 29.1 Å². The lowest BCUT2D eigenvalue weighted by atomic mass is 9.97. The van der Waals surface area contributed by atoms with E-state index in [2.05, 4.69) is 25.2 Å². The second-order valence-corrected chi connectivity index (χ2v) is 7.49.